The van der Waals surface area contributed by atoms with Crippen molar-refractivity contribution in [3.63, 3.8) is 0 Å². The summed E-state index contributed by atoms with van der Waals surface area (Å²) in [6.45, 7) is 8.49. The van der Waals surface area contributed by atoms with E-state index in [1.54, 1.807) is 0 Å². The third-order valence-electron chi connectivity index (χ3n) is 6.10. The second kappa shape index (κ2) is 16.1. The lowest BCUT2D eigenvalue weighted by Gasteiger charge is -2.02. The van der Waals surface area contributed by atoms with Crippen molar-refractivity contribution < 1.29 is 0 Å². The van der Waals surface area contributed by atoms with Crippen LogP contribution in [-0.4, -0.2) is 0 Å². The van der Waals surface area contributed by atoms with Gasteiger partial charge in [0.15, 0.2) is 0 Å². The van der Waals surface area contributed by atoms with Gasteiger partial charge in [-0.3, -0.25) is 0 Å². The standard InChI is InChI=1S/C16H20.C15H18.C2H6/c1-2-14-11-12-16(13-14)10-6-9-15-7-4-3-5-8-15;1-13-10-11-15(12-13)9-5-8-14-6-3-2-4-7-14;1-2/h3-5,7-8,11-14H,2,6,9-10H2,1H3;2-4,6-7,10-13H,5,8-9H2,1H3;1-2H3. The number of hydrogen-bond acceptors (Lipinski definition) is 0. The second-order valence-electron chi connectivity index (χ2n) is 8.81. The first-order valence-corrected chi connectivity index (χ1v) is 13.1. The number of benzene rings is 2. The molecule has 176 valence electrons. The Morgan fingerprint density at radius 3 is 1.52 bits per heavy atom. The van der Waals surface area contributed by atoms with Crippen LogP contribution in [-0.2, 0) is 12.8 Å². The molecule has 33 heavy (non-hydrogen) atoms. The van der Waals surface area contributed by atoms with E-state index in [1.807, 2.05) is 13.8 Å². The highest BCUT2D eigenvalue weighted by Gasteiger charge is 2.06. The fourth-order valence-electron chi connectivity index (χ4n) is 4.23. The van der Waals surface area contributed by atoms with Crippen LogP contribution in [0.25, 0.3) is 0 Å². The van der Waals surface area contributed by atoms with Crippen LogP contribution in [0.5, 0.6) is 0 Å². The molecule has 0 fully saturated rings. The molecule has 2 aliphatic carbocycles. The van der Waals surface area contributed by atoms with E-state index in [-0.39, 0.29) is 0 Å². The van der Waals surface area contributed by atoms with Crippen LogP contribution < -0.4 is 0 Å². The van der Waals surface area contributed by atoms with E-state index in [0.29, 0.717) is 11.8 Å². The van der Waals surface area contributed by atoms with Crippen molar-refractivity contribution in [3.05, 3.63) is 119 Å². The van der Waals surface area contributed by atoms with E-state index in [0.717, 1.165) is 0 Å². The van der Waals surface area contributed by atoms with Crippen LogP contribution in [0.3, 0.4) is 0 Å². The van der Waals surface area contributed by atoms with E-state index < -0.39 is 0 Å². The normalized spacial score (nSPS) is 18.1. The minimum absolute atomic E-state index is 0.650. The molecule has 0 nitrogen and oxygen atoms in total. The predicted molar refractivity (Wildman–Crippen MR) is 147 cm³/mol. The minimum atomic E-state index is 0.650. The molecule has 0 aromatic heterocycles. The predicted octanol–water partition coefficient (Wildman–Crippen LogP) is 9.70. The van der Waals surface area contributed by atoms with Gasteiger partial charge in [-0.25, -0.2) is 0 Å². The molecular weight excluding hydrogens is 396 g/mol. The Morgan fingerprint density at radius 1 is 0.606 bits per heavy atom. The molecule has 0 saturated heterocycles. The smallest absolute Gasteiger partial charge is 0.00471 e. The summed E-state index contributed by atoms with van der Waals surface area (Å²) in [5.41, 5.74) is 5.95. The maximum absolute atomic E-state index is 2.42. The zero-order chi connectivity index (χ0) is 23.7. The van der Waals surface area contributed by atoms with Gasteiger partial charge < -0.3 is 0 Å². The van der Waals surface area contributed by atoms with Crippen molar-refractivity contribution in [1.29, 1.82) is 0 Å². The van der Waals surface area contributed by atoms with Crippen LogP contribution in [0.2, 0.25) is 0 Å². The van der Waals surface area contributed by atoms with Crippen molar-refractivity contribution in [1.82, 2.24) is 0 Å². The SMILES string of the molecule is CC.CC1C=CC(CCCc2ccccc2)=C1.CCC1C=CC(CCCc2ccccc2)=C1. The number of hydrogen-bond donors (Lipinski definition) is 0. The van der Waals surface area contributed by atoms with Crippen molar-refractivity contribution in [2.45, 2.75) is 72.6 Å². The van der Waals surface area contributed by atoms with E-state index >= 15 is 0 Å². The average molecular weight is 441 g/mol. The van der Waals surface area contributed by atoms with Crippen molar-refractivity contribution in [2.24, 2.45) is 11.8 Å². The van der Waals surface area contributed by atoms with Gasteiger partial charge in [-0.05, 0) is 67.9 Å². The summed E-state index contributed by atoms with van der Waals surface area (Å²) in [4.78, 5) is 0. The van der Waals surface area contributed by atoms with Gasteiger partial charge in [-0.15, -0.1) is 0 Å². The molecule has 0 spiro atoms. The highest BCUT2D eigenvalue weighted by atomic mass is 14.1. The molecule has 2 unspecified atom stereocenters. The Morgan fingerprint density at radius 2 is 1.09 bits per heavy atom. The van der Waals surface area contributed by atoms with Crippen molar-refractivity contribution >= 4 is 0 Å². The quantitative estimate of drug-likeness (QED) is 0.364. The molecule has 0 heterocycles. The molecule has 0 amide bonds. The molecule has 0 radical (unpaired) electrons. The molecule has 0 N–H and O–H groups in total. The zero-order valence-electron chi connectivity index (χ0n) is 21.3. The van der Waals surface area contributed by atoms with Gasteiger partial charge in [0.2, 0.25) is 0 Å². The lowest BCUT2D eigenvalue weighted by Crippen LogP contribution is -1.87. The Kier molecular flexibility index (Phi) is 13.0. The topological polar surface area (TPSA) is 0 Å². The Bertz CT molecular complexity index is 880. The summed E-state index contributed by atoms with van der Waals surface area (Å²) in [5.74, 6) is 1.35. The van der Waals surface area contributed by atoms with Gasteiger partial charge in [0, 0.05) is 0 Å². The molecule has 2 aliphatic rings. The first-order valence-electron chi connectivity index (χ1n) is 13.1. The van der Waals surface area contributed by atoms with Gasteiger partial charge >= 0.3 is 0 Å². The molecule has 4 rings (SSSR count). The number of rotatable bonds is 9. The fourth-order valence-corrected chi connectivity index (χ4v) is 4.23. The summed E-state index contributed by atoms with van der Waals surface area (Å²) >= 11 is 0. The summed E-state index contributed by atoms with van der Waals surface area (Å²) in [6, 6.07) is 21.5. The fraction of sp³-hybridized carbons (Fsp3) is 0.394. The van der Waals surface area contributed by atoms with Gasteiger partial charge in [0.25, 0.3) is 0 Å². The Labute approximate surface area is 203 Å². The highest BCUT2D eigenvalue weighted by Crippen LogP contribution is 2.23. The summed E-state index contributed by atoms with van der Waals surface area (Å²) < 4.78 is 0. The zero-order valence-corrected chi connectivity index (χ0v) is 21.3. The van der Waals surface area contributed by atoms with Gasteiger partial charge in [-0.2, -0.15) is 0 Å². The van der Waals surface area contributed by atoms with E-state index in [2.05, 4.69) is 111 Å². The largest absolute Gasteiger partial charge is 0.0776 e. The third-order valence-corrected chi connectivity index (χ3v) is 6.10. The maximum atomic E-state index is 2.42. The van der Waals surface area contributed by atoms with E-state index in [4.69, 9.17) is 0 Å². The van der Waals surface area contributed by atoms with Crippen LogP contribution in [0.1, 0.15) is 70.9 Å². The van der Waals surface area contributed by atoms with Gasteiger partial charge in [0.05, 0.1) is 0 Å². The molecular formula is C33H44. The molecule has 2 aromatic carbocycles. The second-order valence-corrected chi connectivity index (χ2v) is 8.81. The lowest BCUT2D eigenvalue weighted by atomic mass is 10.0. The number of aryl methyl sites for hydroxylation is 2. The molecule has 2 atom stereocenters. The summed E-state index contributed by atoms with van der Waals surface area (Å²) in [5, 5.41) is 0. The Hall–Kier alpha value is -2.60. The summed E-state index contributed by atoms with van der Waals surface area (Å²) in [7, 11) is 0. The maximum Gasteiger partial charge on any atom is -0.00471 e. The van der Waals surface area contributed by atoms with E-state index in [1.165, 1.54) is 67.2 Å². The molecule has 0 aliphatic heterocycles. The molecule has 0 saturated carbocycles. The van der Waals surface area contributed by atoms with Crippen LogP contribution in [0.4, 0.5) is 0 Å². The van der Waals surface area contributed by atoms with Gasteiger partial charge in [0.1, 0.15) is 0 Å². The Balaban J connectivity index is 0.000000218. The van der Waals surface area contributed by atoms with Gasteiger partial charge in [-0.1, -0.05) is 136 Å². The van der Waals surface area contributed by atoms with Crippen molar-refractivity contribution in [2.75, 3.05) is 0 Å². The molecule has 2 aromatic rings. The minimum Gasteiger partial charge on any atom is -0.0776 e. The van der Waals surface area contributed by atoms with Crippen LogP contribution in [0.15, 0.2) is 108 Å². The van der Waals surface area contributed by atoms with Crippen LogP contribution >= 0.6 is 0 Å². The highest BCUT2D eigenvalue weighted by molar-refractivity contribution is 5.29. The van der Waals surface area contributed by atoms with E-state index in [9.17, 15) is 0 Å². The van der Waals surface area contributed by atoms with Crippen molar-refractivity contribution in [3.8, 4) is 0 Å². The van der Waals surface area contributed by atoms with Crippen LogP contribution in [0, 0.1) is 11.8 Å². The first kappa shape index (κ1) is 26.7. The lowest BCUT2D eigenvalue weighted by molar-refractivity contribution is 0.773. The molecule has 0 bridgehead atoms. The molecule has 0 heteroatoms. The summed E-state index contributed by atoms with van der Waals surface area (Å²) in [6.07, 6.45) is 22.6. The number of allylic oxidation sites excluding steroid dienone is 8. The monoisotopic (exact) mass is 440 g/mol. The third kappa shape index (κ3) is 10.7. The first-order chi connectivity index (χ1) is 16.2. The average Bonchev–Trinajstić information content (AvgIpc) is 3.51.